The van der Waals surface area contributed by atoms with Crippen molar-refractivity contribution < 1.29 is 13.5 Å². The molecule has 1 aliphatic rings. The van der Waals surface area contributed by atoms with Crippen molar-refractivity contribution in [1.29, 1.82) is 0 Å². The molecule has 2 unspecified atom stereocenters. The van der Waals surface area contributed by atoms with Gasteiger partial charge in [0, 0.05) is 25.3 Å². The van der Waals surface area contributed by atoms with Crippen LogP contribution >= 0.6 is 0 Å². The predicted octanol–water partition coefficient (Wildman–Crippen LogP) is 2.73. The zero-order valence-corrected chi connectivity index (χ0v) is 12.7. The van der Waals surface area contributed by atoms with Gasteiger partial charge in [0.25, 0.3) is 0 Å². The van der Waals surface area contributed by atoms with Crippen molar-refractivity contribution in [2.24, 2.45) is 0 Å². The molecule has 0 amide bonds. The first-order chi connectivity index (χ1) is 10.1. The highest BCUT2D eigenvalue weighted by Crippen LogP contribution is 2.20. The molecule has 1 aliphatic heterocycles. The third-order valence-corrected chi connectivity index (χ3v) is 3.97. The van der Waals surface area contributed by atoms with Crippen LogP contribution in [0.5, 0.6) is 0 Å². The summed E-state index contributed by atoms with van der Waals surface area (Å²) in [6.07, 6.45) is 3.38. The van der Waals surface area contributed by atoms with E-state index in [1.54, 1.807) is 0 Å². The third kappa shape index (κ3) is 5.02. The molecule has 5 heteroatoms. The molecule has 1 aromatic carbocycles. The standard InChI is InChI=1S/C16H24F2N2O/c1-19-16(12-8-13(17)10-14(18)9-12)5-6-20(2)11-15-4-3-7-21-15/h8-10,15-16,19H,3-7,11H2,1-2H3. The van der Waals surface area contributed by atoms with Gasteiger partial charge in [-0.1, -0.05) is 0 Å². The monoisotopic (exact) mass is 298 g/mol. The van der Waals surface area contributed by atoms with E-state index < -0.39 is 11.6 Å². The van der Waals surface area contributed by atoms with Gasteiger partial charge in [0.2, 0.25) is 0 Å². The van der Waals surface area contributed by atoms with Crippen LogP contribution in [-0.2, 0) is 4.74 Å². The van der Waals surface area contributed by atoms with Crippen molar-refractivity contribution >= 4 is 0 Å². The Morgan fingerprint density at radius 3 is 2.62 bits per heavy atom. The average Bonchev–Trinajstić information content (AvgIpc) is 2.91. The smallest absolute Gasteiger partial charge is 0.126 e. The summed E-state index contributed by atoms with van der Waals surface area (Å²) < 4.78 is 32.2. The van der Waals surface area contributed by atoms with E-state index in [1.165, 1.54) is 12.1 Å². The van der Waals surface area contributed by atoms with Crippen molar-refractivity contribution in [2.75, 3.05) is 33.8 Å². The minimum absolute atomic E-state index is 0.0536. The Morgan fingerprint density at radius 2 is 2.05 bits per heavy atom. The second kappa shape index (κ2) is 7.82. The second-order valence-corrected chi connectivity index (χ2v) is 5.73. The van der Waals surface area contributed by atoms with Gasteiger partial charge in [-0.25, -0.2) is 8.78 Å². The van der Waals surface area contributed by atoms with E-state index in [-0.39, 0.29) is 6.04 Å². The molecule has 0 aliphatic carbocycles. The summed E-state index contributed by atoms with van der Waals surface area (Å²) >= 11 is 0. The highest BCUT2D eigenvalue weighted by molar-refractivity contribution is 5.21. The Morgan fingerprint density at radius 1 is 1.33 bits per heavy atom. The molecule has 1 N–H and O–H groups in total. The van der Waals surface area contributed by atoms with Crippen LogP contribution in [0.3, 0.4) is 0 Å². The summed E-state index contributed by atoms with van der Waals surface area (Å²) in [7, 11) is 3.87. The van der Waals surface area contributed by atoms with Crippen LogP contribution in [0, 0.1) is 11.6 Å². The van der Waals surface area contributed by atoms with E-state index in [2.05, 4.69) is 17.3 Å². The minimum atomic E-state index is -0.530. The Balaban J connectivity index is 1.86. The van der Waals surface area contributed by atoms with Crippen molar-refractivity contribution in [1.82, 2.24) is 10.2 Å². The van der Waals surface area contributed by atoms with Gasteiger partial charge >= 0.3 is 0 Å². The number of nitrogens with one attached hydrogen (secondary N) is 1. The van der Waals surface area contributed by atoms with E-state index in [0.29, 0.717) is 11.7 Å². The van der Waals surface area contributed by atoms with E-state index in [1.807, 2.05) is 7.05 Å². The second-order valence-electron chi connectivity index (χ2n) is 5.73. The Kier molecular flexibility index (Phi) is 6.08. The lowest BCUT2D eigenvalue weighted by Gasteiger charge is -2.24. The third-order valence-electron chi connectivity index (χ3n) is 3.97. The van der Waals surface area contributed by atoms with Crippen molar-refractivity contribution in [3.63, 3.8) is 0 Å². The van der Waals surface area contributed by atoms with Crippen LogP contribution in [0.2, 0.25) is 0 Å². The molecule has 21 heavy (non-hydrogen) atoms. The molecule has 0 bridgehead atoms. The Bertz CT molecular complexity index is 430. The zero-order chi connectivity index (χ0) is 15.2. The maximum absolute atomic E-state index is 13.3. The molecule has 0 radical (unpaired) electrons. The molecule has 2 atom stereocenters. The lowest BCUT2D eigenvalue weighted by atomic mass is 10.0. The van der Waals surface area contributed by atoms with Gasteiger partial charge in [0.1, 0.15) is 11.6 Å². The fourth-order valence-electron chi connectivity index (χ4n) is 2.83. The molecule has 2 rings (SSSR count). The van der Waals surface area contributed by atoms with Gasteiger partial charge in [-0.3, -0.25) is 0 Å². The summed E-state index contributed by atoms with van der Waals surface area (Å²) in [5.41, 5.74) is 0.653. The zero-order valence-electron chi connectivity index (χ0n) is 12.7. The van der Waals surface area contributed by atoms with Crippen LogP contribution in [0.25, 0.3) is 0 Å². The molecular weight excluding hydrogens is 274 g/mol. The molecule has 0 spiro atoms. The first kappa shape index (κ1) is 16.3. The maximum Gasteiger partial charge on any atom is 0.126 e. The van der Waals surface area contributed by atoms with Crippen LogP contribution in [0.15, 0.2) is 18.2 Å². The van der Waals surface area contributed by atoms with Gasteiger partial charge in [-0.2, -0.15) is 0 Å². The number of rotatable bonds is 7. The molecule has 3 nitrogen and oxygen atoms in total. The summed E-state index contributed by atoms with van der Waals surface area (Å²) in [5, 5.41) is 3.13. The predicted molar refractivity (Wildman–Crippen MR) is 79.2 cm³/mol. The summed E-state index contributed by atoms with van der Waals surface area (Å²) in [4.78, 5) is 2.22. The summed E-state index contributed by atoms with van der Waals surface area (Å²) in [5.74, 6) is -1.06. The fraction of sp³-hybridized carbons (Fsp3) is 0.625. The van der Waals surface area contributed by atoms with E-state index in [4.69, 9.17) is 4.74 Å². The topological polar surface area (TPSA) is 24.5 Å². The number of benzene rings is 1. The fourth-order valence-corrected chi connectivity index (χ4v) is 2.83. The first-order valence-corrected chi connectivity index (χ1v) is 7.52. The lowest BCUT2D eigenvalue weighted by molar-refractivity contribution is 0.0801. The van der Waals surface area contributed by atoms with E-state index >= 15 is 0 Å². The molecular formula is C16H24F2N2O. The Hall–Kier alpha value is -1.04. The highest BCUT2D eigenvalue weighted by Gasteiger charge is 2.18. The molecule has 1 fully saturated rings. The number of hydrogen-bond acceptors (Lipinski definition) is 3. The van der Waals surface area contributed by atoms with Gasteiger partial charge in [0.05, 0.1) is 6.10 Å². The van der Waals surface area contributed by atoms with Gasteiger partial charge in [0.15, 0.2) is 0 Å². The normalized spacial score (nSPS) is 20.1. The summed E-state index contributed by atoms with van der Waals surface area (Å²) in [6.45, 7) is 2.62. The number of nitrogens with zero attached hydrogens (tertiary/aromatic N) is 1. The molecule has 1 aromatic rings. The van der Waals surface area contributed by atoms with Crippen molar-refractivity contribution in [2.45, 2.75) is 31.4 Å². The molecule has 0 aromatic heterocycles. The van der Waals surface area contributed by atoms with E-state index in [0.717, 1.165) is 45.0 Å². The Labute approximate surface area is 125 Å². The molecule has 118 valence electrons. The van der Waals surface area contributed by atoms with Gasteiger partial charge in [-0.05, 0) is 57.6 Å². The quantitative estimate of drug-likeness (QED) is 0.837. The minimum Gasteiger partial charge on any atom is -0.377 e. The highest BCUT2D eigenvalue weighted by atomic mass is 19.1. The average molecular weight is 298 g/mol. The summed E-state index contributed by atoms with van der Waals surface area (Å²) in [6, 6.07) is 3.64. The molecule has 0 saturated carbocycles. The van der Waals surface area contributed by atoms with Gasteiger partial charge < -0.3 is 15.0 Å². The van der Waals surface area contributed by atoms with Crippen LogP contribution in [0.1, 0.15) is 30.9 Å². The number of hydrogen-bond donors (Lipinski definition) is 1. The lowest BCUT2D eigenvalue weighted by Crippen LogP contribution is -2.31. The molecule has 1 heterocycles. The van der Waals surface area contributed by atoms with Gasteiger partial charge in [-0.15, -0.1) is 0 Å². The first-order valence-electron chi connectivity index (χ1n) is 7.52. The van der Waals surface area contributed by atoms with Crippen molar-refractivity contribution in [3.8, 4) is 0 Å². The number of halogens is 2. The number of likely N-dealkylation sites (N-methyl/N-ethyl adjacent to an activating group) is 1. The van der Waals surface area contributed by atoms with Crippen LogP contribution in [-0.4, -0.2) is 44.8 Å². The maximum atomic E-state index is 13.3. The largest absolute Gasteiger partial charge is 0.377 e. The van der Waals surface area contributed by atoms with Crippen LogP contribution < -0.4 is 5.32 Å². The van der Waals surface area contributed by atoms with Crippen LogP contribution in [0.4, 0.5) is 8.78 Å². The molecule has 1 saturated heterocycles. The van der Waals surface area contributed by atoms with Crippen molar-refractivity contribution in [3.05, 3.63) is 35.4 Å². The number of ether oxygens (including phenoxy) is 1. The van der Waals surface area contributed by atoms with E-state index in [9.17, 15) is 8.78 Å². The SMILES string of the molecule is CNC(CCN(C)CC1CCCO1)c1cc(F)cc(F)c1.